The van der Waals surface area contributed by atoms with Crippen LogP contribution in [0.4, 0.5) is 9.52 Å². The van der Waals surface area contributed by atoms with Gasteiger partial charge >= 0.3 is 0 Å². The Labute approximate surface area is 157 Å². The van der Waals surface area contributed by atoms with Gasteiger partial charge in [-0.05, 0) is 39.2 Å². The van der Waals surface area contributed by atoms with Gasteiger partial charge in [0.15, 0.2) is 5.13 Å². The van der Waals surface area contributed by atoms with Gasteiger partial charge in [0.25, 0.3) is 0 Å². The smallest absolute Gasteiger partial charge is 0.244 e. The second kappa shape index (κ2) is 8.38. The first-order valence-corrected chi connectivity index (χ1v) is 10.7. The number of carbonyl (C=O) groups is 1. The summed E-state index contributed by atoms with van der Waals surface area (Å²) in [6, 6.07) is 4.65. The Kier molecular flexibility index (Phi) is 6.67. The Morgan fingerprint density at radius 1 is 1.23 bits per heavy atom. The van der Waals surface area contributed by atoms with Crippen LogP contribution in [0.1, 0.15) is 6.42 Å². The fourth-order valence-corrected chi connectivity index (χ4v) is 3.65. The van der Waals surface area contributed by atoms with Gasteiger partial charge in [-0.2, -0.15) is 4.31 Å². The lowest BCUT2D eigenvalue weighted by atomic mass is 10.3. The molecule has 1 amide bonds. The van der Waals surface area contributed by atoms with E-state index in [9.17, 15) is 17.6 Å². The van der Waals surface area contributed by atoms with Crippen LogP contribution in [-0.4, -0.2) is 75.5 Å². The van der Waals surface area contributed by atoms with Crippen LogP contribution in [0.5, 0.6) is 0 Å². The summed E-state index contributed by atoms with van der Waals surface area (Å²) < 4.78 is 38.8. The highest BCUT2D eigenvalue weighted by atomic mass is 32.2. The van der Waals surface area contributed by atoms with E-state index in [1.165, 1.54) is 29.4 Å². The van der Waals surface area contributed by atoms with Gasteiger partial charge in [0.1, 0.15) is 11.3 Å². The molecule has 0 radical (unpaired) electrons. The van der Waals surface area contributed by atoms with E-state index >= 15 is 0 Å². The first-order valence-electron chi connectivity index (χ1n) is 8.01. The third-order valence-corrected chi connectivity index (χ3v) is 6.11. The van der Waals surface area contributed by atoms with Crippen LogP contribution in [0.3, 0.4) is 0 Å². The SMILES string of the molecule is CN(C)CCCN(C(=O)CN(C)S(C)(=O)=O)c1nc2c(F)cccc2s1. The highest BCUT2D eigenvalue weighted by molar-refractivity contribution is 7.88. The number of carbonyl (C=O) groups excluding carboxylic acids is 1. The summed E-state index contributed by atoms with van der Waals surface area (Å²) in [5.41, 5.74) is 0.217. The summed E-state index contributed by atoms with van der Waals surface area (Å²) in [4.78, 5) is 20.4. The number of halogens is 1. The topological polar surface area (TPSA) is 73.8 Å². The van der Waals surface area contributed by atoms with Crippen molar-refractivity contribution < 1.29 is 17.6 Å². The quantitative estimate of drug-likeness (QED) is 0.671. The van der Waals surface area contributed by atoms with E-state index in [1.807, 2.05) is 19.0 Å². The van der Waals surface area contributed by atoms with Gasteiger partial charge in [-0.1, -0.05) is 17.4 Å². The number of amides is 1. The number of thiazole rings is 1. The van der Waals surface area contributed by atoms with Gasteiger partial charge in [0.05, 0.1) is 17.5 Å². The van der Waals surface area contributed by atoms with E-state index in [0.29, 0.717) is 22.8 Å². The molecule has 0 bridgehead atoms. The summed E-state index contributed by atoms with van der Waals surface area (Å²) in [5, 5.41) is 0.371. The summed E-state index contributed by atoms with van der Waals surface area (Å²) in [6.07, 6.45) is 1.73. The van der Waals surface area contributed by atoms with Crippen molar-refractivity contribution in [2.45, 2.75) is 6.42 Å². The fourth-order valence-electron chi connectivity index (χ4n) is 2.28. The normalized spacial score (nSPS) is 12.3. The number of sulfonamides is 1. The molecule has 1 aromatic carbocycles. The van der Waals surface area contributed by atoms with E-state index in [2.05, 4.69) is 4.98 Å². The number of para-hydroxylation sites is 1. The van der Waals surface area contributed by atoms with Crippen LogP contribution >= 0.6 is 11.3 Å². The molecule has 144 valence electrons. The molecule has 26 heavy (non-hydrogen) atoms. The predicted molar refractivity (Wildman–Crippen MR) is 103 cm³/mol. The molecule has 0 N–H and O–H groups in total. The molecular formula is C16H23FN4O3S2. The van der Waals surface area contributed by atoms with E-state index in [1.54, 1.807) is 12.1 Å². The van der Waals surface area contributed by atoms with Crippen LogP contribution in [0.2, 0.25) is 0 Å². The van der Waals surface area contributed by atoms with Crippen molar-refractivity contribution in [1.29, 1.82) is 0 Å². The predicted octanol–water partition coefficient (Wildman–Crippen LogP) is 1.61. The van der Waals surface area contributed by atoms with Gasteiger partial charge in [-0.25, -0.2) is 17.8 Å². The van der Waals surface area contributed by atoms with E-state index in [0.717, 1.165) is 17.1 Å². The number of likely N-dealkylation sites (N-methyl/N-ethyl adjacent to an activating group) is 1. The van der Waals surface area contributed by atoms with E-state index in [4.69, 9.17) is 0 Å². The third kappa shape index (κ3) is 5.19. The van der Waals surface area contributed by atoms with E-state index in [-0.39, 0.29) is 12.1 Å². The maximum Gasteiger partial charge on any atom is 0.244 e. The molecule has 0 spiro atoms. The maximum atomic E-state index is 13.9. The van der Waals surface area contributed by atoms with Crippen molar-refractivity contribution in [3.05, 3.63) is 24.0 Å². The standard InChI is InChI=1S/C16H23FN4O3S2/c1-19(2)9-6-10-21(14(22)11-20(3)26(4,23)24)16-18-15-12(17)7-5-8-13(15)25-16/h5,7-8H,6,9-11H2,1-4H3. The minimum Gasteiger partial charge on any atom is -0.309 e. The van der Waals surface area contributed by atoms with Crippen LogP contribution in [0.25, 0.3) is 10.2 Å². The molecule has 0 aliphatic rings. The number of fused-ring (bicyclic) bond motifs is 1. The first kappa shape index (κ1) is 20.7. The second-order valence-corrected chi connectivity index (χ2v) is 9.40. The molecule has 1 heterocycles. The van der Waals surface area contributed by atoms with Crippen molar-refractivity contribution in [3.8, 4) is 0 Å². The van der Waals surface area contributed by atoms with Crippen molar-refractivity contribution >= 4 is 42.6 Å². The van der Waals surface area contributed by atoms with Gasteiger partial charge in [0.2, 0.25) is 15.9 Å². The minimum atomic E-state index is -3.48. The fraction of sp³-hybridized carbons (Fsp3) is 0.500. The lowest BCUT2D eigenvalue weighted by Gasteiger charge is -2.23. The molecule has 2 rings (SSSR count). The van der Waals surface area contributed by atoms with Crippen molar-refractivity contribution in [3.63, 3.8) is 0 Å². The molecule has 2 aromatic rings. The summed E-state index contributed by atoms with van der Waals surface area (Å²) in [5.74, 6) is -0.838. The summed E-state index contributed by atoms with van der Waals surface area (Å²) >= 11 is 1.21. The largest absolute Gasteiger partial charge is 0.309 e. The van der Waals surface area contributed by atoms with Crippen LogP contribution < -0.4 is 4.90 Å². The molecule has 0 saturated carbocycles. The molecule has 10 heteroatoms. The molecular weight excluding hydrogens is 379 g/mol. The molecule has 0 fully saturated rings. The maximum absolute atomic E-state index is 13.9. The Bertz CT molecular complexity index is 883. The lowest BCUT2D eigenvalue weighted by molar-refractivity contribution is -0.118. The highest BCUT2D eigenvalue weighted by Gasteiger charge is 2.24. The number of hydrogen-bond donors (Lipinski definition) is 0. The zero-order valence-corrected chi connectivity index (χ0v) is 16.9. The van der Waals surface area contributed by atoms with Crippen molar-refractivity contribution in [1.82, 2.24) is 14.2 Å². The van der Waals surface area contributed by atoms with Crippen LogP contribution in [-0.2, 0) is 14.8 Å². The molecule has 0 atom stereocenters. The Morgan fingerprint density at radius 2 is 1.92 bits per heavy atom. The second-order valence-electron chi connectivity index (χ2n) is 6.30. The number of nitrogens with zero attached hydrogens (tertiary/aromatic N) is 4. The van der Waals surface area contributed by atoms with Gasteiger partial charge in [-0.15, -0.1) is 0 Å². The Hall–Kier alpha value is -1.62. The highest BCUT2D eigenvalue weighted by Crippen LogP contribution is 2.30. The zero-order valence-electron chi connectivity index (χ0n) is 15.3. The molecule has 0 aliphatic carbocycles. The third-order valence-electron chi connectivity index (χ3n) is 3.80. The molecule has 0 unspecified atom stereocenters. The van der Waals surface area contributed by atoms with Gasteiger partial charge in [0, 0.05) is 13.6 Å². The van der Waals surface area contributed by atoms with Crippen molar-refractivity contribution in [2.75, 3.05) is 51.9 Å². The number of hydrogen-bond acceptors (Lipinski definition) is 6. The first-order chi connectivity index (χ1) is 12.1. The summed E-state index contributed by atoms with van der Waals surface area (Å²) in [7, 11) is 1.73. The molecule has 0 saturated heterocycles. The van der Waals surface area contributed by atoms with Gasteiger partial charge < -0.3 is 4.90 Å². The number of anilines is 1. The molecule has 7 nitrogen and oxygen atoms in total. The monoisotopic (exact) mass is 402 g/mol. The molecule has 1 aromatic heterocycles. The average molecular weight is 403 g/mol. The Morgan fingerprint density at radius 3 is 2.50 bits per heavy atom. The minimum absolute atomic E-state index is 0.217. The average Bonchev–Trinajstić information content (AvgIpc) is 2.95. The summed E-state index contributed by atoms with van der Waals surface area (Å²) in [6.45, 7) is 0.834. The number of rotatable bonds is 8. The number of benzene rings is 1. The Balaban J connectivity index is 2.29. The van der Waals surface area contributed by atoms with Crippen LogP contribution in [0, 0.1) is 5.82 Å². The van der Waals surface area contributed by atoms with E-state index < -0.39 is 21.7 Å². The lowest BCUT2D eigenvalue weighted by Crippen LogP contribution is -2.42. The van der Waals surface area contributed by atoms with Crippen molar-refractivity contribution in [2.24, 2.45) is 0 Å². The van der Waals surface area contributed by atoms with Crippen LogP contribution in [0.15, 0.2) is 18.2 Å². The number of aromatic nitrogens is 1. The zero-order chi connectivity index (χ0) is 19.5. The molecule has 0 aliphatic heterocycles. The van der Waals surface area contributed by atoms with Gasteiger partial charge in [-0.3, -0.25) is 9.69 Å².